The fraction of sp³-hybridized carbons (Fsp3) is 0.583. The fourth-order valence-electron chi connectivity index (χ4n) is 2.79. The van der Waals surface area contributed by atoms with Gasteiger partial charge in [0.2, 0.25) is 0 Å². The Morgan fingerprint density at radius 2 is 2.31 bits per heavy atom. The lowest BCUT2D eigenvalue weighted by molar-refractivity contribution is -0.131. The average molecular weight is 176 g/mol. The van der Waals surface area contributed by atoms with E-state index in [1.165, 1.54) is 5.57 Å². The number of fused-ring (bicyclic) bond motifs is 2. The fourth-order valence-corrected chi connectivity index (χ4v) is 2.79. The van der Waals surface area contributed by atoms with Gasteiger partial charge < -0.3 is 0 Å². The van der Waals surface area contributed by atoms with Gasteiger partial charge in [0, 0.05) is 11.8 Å². The van der Waals surface area contributed by atoms with E-state index >= 15 is 0 Å². The van der Waals surface area contributed by atoms with Crippen molar-refractivity contribution < 1.29 is 4.79 Å². The number of Topliss-reactive ketones (excluding diaryl/α,β-unsaturated/α-hetero) is 1. The van der Waals surface area contributed by atoms with E-state index < -0.39 is 0 Å². The lowest BCUT2D eigenvalue weighted by atomic mass is 9.61. The largest absolute Gasteiger partial charge is 0.299 e. The Hall–Kier alpha value is -0.850. The van der Waals surface area contributed by atoms with Gasteiger partial charge in [0.05, 0.1) is 0 Å². The molecule has 0 radical (unpaired) electrons. The summed E-state index contributed by atoms with van der Waals surface area (Å²) in [6.07, 6.45) is 5.23. The molecule has 70 valence electrons. The summed E-state index contributed by atoms with van der Waals surface area (Å²) in [5.41, 5.74) is 1.41. The van der Waals surface area contributed by atoms with E-state index in [0.29, 0.717) is 17.6 Å². The summed E-state index contributed by atoms with van der Waals surface area (Å²) in [5.74, 6) is 1.69. The maximum Gasteiger partial charge on any atom is 0.143 e. The van der Waals surface area contributed by atoms with Crippen molar-refractivity contribution in [2.24, 2.45) is 23.7 Å². The van der Waals surface area contributed by atoms with Crippen molar-refractivity contribution in [3.63, 3.8) is 0 Å². The zero-order chi connectivity index (χ0) is 9.59. The summed E-state index contributed by atoms with van der Waals surface area (Å²) in [7, 11) is 0. The molecule has 4 unspecified atom stereocenters. The second-order valence-corrected chi connectivity index (χ2v) is 4.37. The quantitative estimate of drug-likeness (QED) is 0.561. The molecular formula is C12H16O. The number of allylic oxidation sites excluding steroid dienone is 3. The molecule has 2 bridgehead atoms. The molecule has 3 rings (SSSR count). The highest BCUT2D eigenvalue weighted by molar-refractivity contribution is 5.88. The van der Waals surface area contributed by atoms with Crippen molar-refractivity contribution in [1.29, 1.82) is 0 Å². The molecule has 0 amide bonds. The molecule has 1 heteroatoms. The first-order valence-electron chi connectivity index (χ1n) is 4.99. The van der Waals surface area contributed by atoms with Gasteiger partial charge in [-0.15, -0.1) is 6.58 Å². The molecule has 0 aliphatic heterocycles. The predicted octanol–water partition coefficient (Wildman–Crippen LogP) is 2.59. The van der Waals surface area contributed by atoms with Gasteiger partial charge in [-0.2, -0.15) is 0 Å². The van der Waals surface area contributed by atoms with E-state index in [0.717, 1.165) is 6.42 Å². The molecule has 0 aromatic rings. The average Bonchev–Trinajstić information content (AvgIpc) is 2.13. The van der Waals surface area contributed by atoms with Crippen LogP contribution in [0.4, 0.5) is 0 Å². The van der Waals surface area contributed by atoms with Crippen LogP contribution in [-0.2, 0) is 4.79 Å². The van der Waals surface area contributed by atoms with Gasteiger partial charge >= 0.3 is 0 Å². The van der Waals surface area contributed by atoms with Gasteiger partial charge in [-0.1, -0.05) is 24.6 Å². The van der Waals surface area contributed by atoms with Crippen LogP contribution in [0.2, 0.25) is 0 Å². The first kappa shape index (κ1) is 8.74. The third-order valence-electron chi connectivity index (χ3n) is 3.70. The zero-order valence-electron chi connectivity index (χ0n) is 8.29. The van der Waals surface area contributed by atoms with Crippen LogP contribution in [0.5, 0.6) is 0 Å². The molecule has 0 aromatic heterocycles. The Bertz CT molecular complexity index is 287. The molecule has 0 saturated heterocycles. The standard InChI is InChI=1S/C12H16O/c1-4-9-6-10-7(2)5-11(9)12(13)8(10)3/h4-5,8-11H,1,6H2,2-3H3. The molecule has 0 N–H and O–H groups in total. The molecule has 0 heterocycles. The summed E-state index contributed by atoms with van der Waals surface area (Å²) >= 11 is 0. The summed E-state index contributed by atoms with van der Waals surface area (Å²) in [5, 5.41) is 0. The van der Waals surface area contributed by atoms with Crippen LogP contribution < -0.4 is 0 Å². The zero-order valence-corrected chi connectivity index (χ0v) is 8.29. The molecule has 0 spiro atoms. The van der Waals surface area contributed by atoms with E-state index in [-0.39, 0.29) is 11.8 Å². The number of rotatable bonds is 1. The van der Waals surface area contributed by atoms with Crippen LogP contribution in [0.15, 0.2) is 24.3 Å². The minimum atomic E-state index is 0.137. The van der Waals surface area contributed by atoms with Crippen LogP contribution in [0, 0.1) is 23.7 Å². The molecule has 4 atom stereocenters. The predicted molar refractivity (Wildman–Crippen MR) is 53.2 cm³/mol. The van der Waals surface area contributed by atoms with E-state index in [1.807, 2.05) is 6.08 Å². The maximum absolute atomic E-state index is 11.8. The number of carbonyl (C=O) groups excluding carboxylic acids is 1. The van der Waals surface area contributed by atoms with E-state index in [2.05, 4.69) is 26.5 Å². The third-order valence-corrected chi connectivity index (χ3v) is 3.70. The van der Waals surface area contributed by atoms with Gasteiger partial charge in [0.15, 0.2) is 0 Å². The van der Waals surface area contributed by atoms with Crippen molar-refractivity contribution in [2.45, 2.75) is 20.3 Å². The summed E-state index contributed by atoms with van der Waals surface area (Å²) in [6.45, 7) is 8.02. The number of carbonyl (C=O) groups is 1. The Kier molecular flexibility index (Phi) is 1.90. The SMILES string of the molecule is C=CC1CC2C(C)=CC1C(=O)C2C. The van der Waals surface area contributed by atoms with Crippen LogP contribution in [0.25, 0.3) is 0 Å². The van der Waals surface area contributed by atoms with Gasteiger partial charge in [-0.25, -0.2) is 0 Å². The molecule has 1 fully saturated rings. The Morgan fingerprint density at radius 3 is 2.92 bits per heavy atom. The van der Waals surface area contributed by atoms with Crippen molar-refractivity contribution in [1.82, 2.24) is 0 Å². The van der Waals surface area contributed by atoms with E-state index in [9.17, 15) is 4.79 Å². The van der Waals surface area contributed by atoms with Crippen molar-refractivity contribution in [3.05, 3.63) is 24.3 Å². The van der Waals surface area contributed by atoms with Gasteiger partial charge in [-0.05, 0) is 25.2 Å². The van der Waals surface area contributed by atoms with Gasteiger partial charge in [0.25, 0.3) is 0 Å². The van der Waals surface area contributed by atoms with Crippen molar-refractivity contribution >= 4 is 5.78 Å². The van der Waals surface area contributed by atoms with Gasteiger partial charge in [0.1, 0.15) is 5.78 Å². The normalized spacial score (nSPS) is 43.2. The highest BCUT2D eigenvalue weighted by atomic mass is 16.1. The Morgan fingerprint density at radius 1 is 1.62 bits per heavy atom. The van der Waals surface area contributed by atoms with Crippen molar-refractivity contribution in [2.75, 3.05) is 0 Å². The monoisotopic (exact) mass is 176 g/mol. The summed E-state index contributed by atoms with van der Waals surface area (Å²) in [4.78, 5) is 11.8. The lowest BCUT2D eigenvalue weighted by Gasteiger charge is -2.42. The minimum absolute atomic E-state index is 0.137. The second-order valence-electron chi connectivity index (χ2n) is 4.37. The van der Waals surface area contributed by atoms with Crippen LogP contribution in [0.1, 0.15) is 20.3 Å². The second kappa shape index (κ2) is 2.83. The maximum atomic E-state index is 11.8. The molecule has 1 saturated carbocycles. The van der Waals surface area contributed by atoms with Crippen molar-refractivity contribution in [3.8, 4) is 0 Å². The first-order valence-corrected chi connectivity index (χ1v) is 4.99. The smallest absolute Gasteiger partial charge is 0.143 e. The molecule has 3 aliphatic carbocycles. The summed E-state index contributed by atoms with van der Waals surface area (Å²) in [6, 6.07) is 0. The molecule has 3 aliphatic rings. The minimum Gasteiger partial charge on any atom is -0.299 e. The Labute approximate surface area is 79.5 Å². The van der Waals surface area contributed by atoms with Crippen LogP contribution >= 0.6 is 0 Å². The van der Waals surface area contributed by atoms with E-state index in [1.54, 1.807) is 0 Å². The molecule has 1 nitrogen and oxygen atoms in total. The number of ketones is 1. The third kappa shape index (κ3) is 1.10. The first-order chi connectivity index (χ1) is 6.15. The molecule has 0 aromatic carbocycles. The van der Waals surface area contributed by atoms with Crippen LogP contribution in [0.3, 0.4) is 0 Å². The van der Waals surface area contributed by atoms with Gasteiger partial charge in [-0.3, -0.25) is 4.79 Å². The molecule has 13 heavy (non-hydrogen) atoms. The van der Waals surface area contributed by atoms with Crippen LogP contribution in [-0.4, -0.2) is 5.78 Å². The highest BCUT2D eigenvalue weighted by Gasteiger charge is 2.43. The number of hydrogen-bond donors (Lipinski definition) is 0. The Balaban J connectivity index is 2.39. The topological polar surface area (TPSA) is 17.1 Å². The highest BCUT2D eigenvalue weighted by Crippen LogP contribution is 2.45. The lowest BCUT2D eigenvalue weighted by Crippen LogP contribution is -2.42. The number of hydrogen-bond acceptors (Lipinski definition) is 1. The van der Waals surface area contributed by atoms with E-state index in [4.69, 9.17) is 0 Å². The summed E-state index contributed by atoms with van der Waals surface area (Å²) < 4.78 is 0. The molecular weight excluding hydrogens is 160 g/mol.